The second-order valence-electron chi connectivity index (χ2n) is 9.60. The minimum Gasteiger partial charge on any atom is -0.458 e. The molecule has 0 aromatic rings. The van der Waals surface area contributed by atoms with Gasteiger partial charge >= 0.3 is 5.97 Å². The number of ketones is 2. The largest absolute Gasteiger partial charge is 0.458 e. The van der Waals surface area contributed by atoms with Gasteiger partial charge in [-0.2, -0.15) is 0 Å². The number of alkyl halides is 1. The van der Waals surface area contributed by atoms with E-state index >= 15 is 4.39 Å². The topological polar surface area (TPSA) is 60.4 Å². The first-order valence-electron chi connectivity index (χ1n) is 10.4. The van der Waals surface area contributed by atoms with E-state index in [1.54, 1.807) is 12.2 Å². The summed E-state index contributed by atoms with van der Waals surface area (Å²) < 4.78 is 21.7. The zero-order chi connectivity index (χ0) is 20.3. The second kappa shape index (κ2) is 6.36. The van der Waals surface area contributed by atoms with Gasteiger partial charge in [-0.25, -0.2) is 4.39 Å². The lowest BCUT2D eigenvalue weighted by Gasteiger charge is -2.60. The predicted octanol–water partition coefficient (Wildman–Crippen LogP) is 4.13. The number of carbonyl (C=O) groups excluding carboxylic acids is 3. The molecule has 0 bridgehead atoms. The van der Waals surface area contributed by atoms with Gasteiger partial charge in [-0.15, -0.1) is 0 Å². The summed E-state index contributed by atoms with van der Waals surface area (Å²) in [6.07, 6.45) is 9.01. The number of ether oxygens (including phenoxy) is 1. The van der Waals surface area contributed by atoms with Gasteiger partial charge in [0.25, 0.3) is 0 Å². The Morgan fingerprint density at radius 1 is 1.18 bits per heavy atom. The van der Waals surface area contributed by atoms with Crippen molar-refractivity contribution in [3.63, 3.8) is 0 Å². The Kier molecular flexibility index (Phi) is 4.44. The highest BCUT2D eigenvalue weighted by atomic mass is 19.1. The predicted molar refractivity (Wildman–Crippen MR) is 102 cm³/mol. The number of hydrogen-bond acceptors (Lipinski definition) is 4. The van der Waals surface area contributed by atoms with Crippen LogP contribution in [0.5, 0.6) is 0 Å². The summed E-state index contributed by atoms with van der Waals surface area (Å²) in [6, 6.07) is 0. The molecule has 0 amide bonds. The molecular weight excluding hydrogens is 359 g/mol. The van der Waals surface area contributed by atoms with Crippen LogP contribution in [0.3, 0.4) is 0 Å². The van der Waals surface area contributed by atoms with Crippen molar-refractivity contribution < 1.29 is 23.5 Å². The van der Waals surface area contributed by atoms with E-state index in [0.29, 0.717) is 12.8 Å². The second-order valence-corrected chi connectivity index (χ2v) is 9.60. The van der Waals surface area contributed by atoms with Gasteiger partial charge in [-0.3, -0.25) is 14.4 Å². The molecule has 4 nitrogen and oxygen atoms in total. The van der Waals surface area contributed by atoms with Crippen LogP contribution < -0.4 is 0 Å². The van der Waals surface area contributed by atoms with E-state index in [1.807, 2.05) is 6.92 Å². The number of allylic oxidation sites excluding steroid dienone is 4. The van der Waals surface area contributed by atoms with Crippen LogP contribution in [0.15, 0.2) is 23.8 Å². The molecule has 0 N–H and O–H groups in total. The Bertz CT molecular complexity index is 798. The molecule has 3 fully saturated rings. The molecule has 6 atom stereocenters. The SMILES string of the molecule is CC(=O)OCC(=O)[C@H]1CC[C@H]2[C@@H]3CCC4=CC(=O)C=C[C@]4(C)[C@@]3(F)CC[C@]12C. The van der Waals surface area contributed by atoms with Crippen LogP contribution in [0, 0.1) is 28.6 Å². The highest BCUT2D eigenvalue weighted by Crippen LogP contribution is 2.68. The van der Waals surface area contributed by atoms with E-state index in [2.05, 4.69) is 6.92 Å². The van der Waals surface area contributed by atoms with Crippen LogP contribution >= 0.6 is 0 Å². The number of halogens is 1. The summed E-state index contributed by atoms with van der Waals surface area (Å²) in [5.74, 6) is -0.670. The fourth-order valence-corrected chi connectivity index (χ4v) is 6.89. The maximum absolute atomic E-state index is 16.7. The Balaban J connectivity index is 1.62. The van der Waals surface area contributed by atoms with Crippen LogP contribution in [0.1, 0.15) is 59.3 Å². The van der Waals surface area contributed by atoms with Gasteiger partial charge in [0.1, 0.15) is 12.3 Å². The Labute approximate surface area is 165 Å². The van der Waals surface area contributed by atoms with Crippen molar-refractivity contribution in [2.24, 2.45) is 28.6 Å². The Morgan fingerprint density at radius 2 is 1.93 bits per heavy atom. The molecule has 4 aliphatic carbocycles. The van der Waals surface area contributed by atoms with Crippen LogP contribution in [0.2, 0.25) is 0 Å². The van der Waals surface area contributed by atoms with E-state index in [-0.39, 0.29) is 41.3 Å². The first kappa shape index (κ1) is 19.5. The summed E-state index contributed by atoms with van der Waals surface area (Å²) in [7, 11) is 0. The first-order valence-corrected chi connectivity index (χ1v) is 10.4. The molecule has 0 radical (unpaired) electrons. The van der Waals surface area contributed by atoms with E-state index in [0.717, 1.165) is 31.3 Å². The smallest absolute Gasteiger partial charge is 0.303 e. The van der Waals surface area contributed by atoms with Gasteiger partial charge in [-0.1, -0.05) is 18.6 Å². The Hall–Kier alpha value is -1.78. The lowest BCUT2D eigenvalue weighted by Crippen LogP contribution is -2.60. The van der Waals surface area contributed by atoms with Crippen LogP contribution in [-0.2, 0) is 19.1 Å². The van der Waals surface area contributed by atoms with Crippen molar-refractivity contribution in [3.05, 3.63) is 23.8 Å². The molecule has 28 heavy (non-hydrogen) atoms. The molecule has 0 saturated heterocycles. The molecule has 0 heterocycles. The van der Waals surface area contributed by atoms with E-state index < -0.39 is 17.1 Å². The van der Waals surface area contributed by atoms with Crippen molar-refractivity contribution in [2.45, 2.75) is 65.0 Å². The summed E-state index contributed by atoms with van der Waals surface area (Å²) >= 11 is 0. The number of carbonyl (C=O) groups is 3. The van der Waals surface area contributed by atoms with Crippen molar-refractivity contribution in [1.82, 2.24) is 0 Å². The van der Waals surface area contributed by atoms with Gasteiger partial charge in [0.05, 0.1) is 0 Å². The van der Waals surface area contributed by atoms with Gasteiger partial charge in [-0.05, 0) is 74.9 Å². The van der Waals surface area contributed by atoms with Crippen molar-refractivity contribution in [3.8, 4) is 0 Å². The Morgan fingerprint density at radius 3 is 2.64 bits per heavy atom. The average molecular weight is 388 g/mol. The summed E-state index contributed by atoms with van der Waals surface area (Å²) in [4.78, 5) is 35.7. The fourth-order valence-electron chi connectivity index (χ4n) is 6.89. The van der Waals surface area contributed by atoms with E-state index in [9.17, 15) is 14.4 Å². The third kappa shape index (κ3) is 2.57. The number of esters is 1. The molecule has 3 saturated carbocycles. The third-order valence-electron chi connectivity index (χ3n) is 8.47. The summed E-state index contributed by atoms with van der Waals surface area (Å²) in [6.45, 7) is 5.20. The van der Waals surface area contributed by atoms with Crippen LogP contribution in [0.25, 0.3) is 0 Å². The summed E-state index contributed by atoms with van der Waals surface area (Å²) in [5.41, 5.74) is -1.44. The molecule has 4 rings (SSSR count). The maximum atomic E-state index is 16.7. The van der Waals surface area contributed by atoms with Crippen molar-refractivity contribution in [2.75, 3.05) is 6.61 Å². The quantitative estimate of drug-likeness (QED) is 0.682. The maximum Gasteiger partial charge on any atom is 0.303 e. The monoisotopic (exact) mass is 388 g/mol. The molecule has 0 spiro atoms. The lowest BCUT2D eigenvalue weighted by atomic mass is 9.46. The molecular formula is C23H29FO4. The van der Waals surface area contributed by atoms with Crippen LogP contribution in [0.4, 0.5) is 4.39 Å². The first-order chi connectivity index (χ1) is 13.1. The fraction of sp³-hybridized carbons (Fsp3) is 0.696. The highest BCUT2D eigenvalue weighted by Gasteiger charge is 2.67. The standard InChI is InChI=1S/C23H29FO4/c1-14(25)28-13-20(27)19-7-6-17-18-5-4-15-12-16(26)8-9-22(15,3)23(18,24)11-10-21(17,19)2/h8-9,12,17-19H,4-7,10-11,13H2,1-3H3/t17-,18-,19+,21-,22-,23+/m0/s1. The number of Topliss-reactive ketones (excluding diaryl/α,β-unsaturated/α-hetero) is 1. The van der Waals surface area contributed by atoms with Gasteiger partial charge in [0, 0.05) is 18.3 Å². The zero-order valence-corrected chi connectivity index (χ0v) is 16.9. The minimum atomic E-state index is -1.38. The molecule has 0 aromatic heterocycles. The normalized spacial score (nSPS) is 44.2. The van der Waals surface area contributed by atoms with Gasteiger partial charge in [0.2, 0.25) is 0 Å². The van der Waals surface area contributed by atoms with E-state index in [4.69, 9.17) is 4.74 Å². The lowest BCUT2D eigenvalue weighted by molar-refractivity contribution is -0.152. The molecule has 0 unspecified atom stereocenters. The highest BCUT2D eigenvalue weighted by molar-refractivity contribution is 6.01. The average Bonchev–Trinajstić information content (AvgIpc) is 2.98. The van der Waals surface area contributed by atoms with Gasteiger partial charge < -0.3 is 4.74 Å². The van der Waals surface area contributed by atoms with Crippen molar-refractivity contribution >= 4 is 17.5 Å². The van der Waals surface area contributed by atoms with E-state index in [1.165, 1.54) is 13.0 Å². The molecule has 0 aromatic carbocycles. The summed E-state index contributed by atoms with van der Waals surface area (Å²) in [5, 5.41) is 0. The molecule has 5 heteroatoms. The van der Waals surface area contributed by atoms with Crippen molar-refractivity contribution in [1.29, 1.82) is 0 Å². The minimum absolute atomic E-state index is 0.0303. The number of hydrogen-bond donors (Lipinski definition) is 0. The number of fused-ring (bicyclic) bond motifs is 5. The zero-order valence-electron chi connectivity index (χ0n) is 16.9. The third-order valence-corrected chi connectivity index (χ3v) is 8.47. The molecule has 152 valence electrons. The van der Waals surface area contributed by atoms with Crippen LogP contribution in [-0.4, -0.2) is 29.8 Å². The van der Waals surface area contributed by atoms with Gasteiger partial charge in [0.15, 0.2) is 11.6 Å². The number of rotatable bonds is 3. The molecule has 0 aliphatic heterocycles. The molecule has 4 aliphatic rings.